The van der Waals surface area contributed by atoms with Gasteiger partial charge in [-0.2, -0.15) is 5.10 Å². The van der Waals surface area contributed by atoms with Crippen LogP contribution in [0, 0.1) is 30.3 Å². The number of nitrogens with two attached hydrogens (primary N) is 1. The van der Waals surface area contributed by atoms with E-state index in [9.17, 15) is 18.0 Å². The van der Waals surface area contributed by atoms with Crippen molar-refractivity contribution in [2.45, 2.75) is 56.9 Å². The summed E-state index contributed by atoms with van der Waals surface area (Å²) >= 11 is 6.01. The van der Waals surface area contributed by atoms with E-state index >= 15 is 0 Å². The first-order valence-electron chi connectivity index (χ1n) is 12.6. The predicted molar refractivity (Wildman–Crippen MR) is 136 cm³/mol. The molecule has 9 heteroatoms. The first kappa shape index (κ1) is 25.8. The molecule has 1 aliphatic carbocycles. The number of aromatic nitrogens is 2. The van der Waals surface area contributed by atoms with Crippen LogP contribution in [0.2, 0.25) is 5.02 Å². The van der Waals surface area contributed by atoms with E-state index in [2.05, 4.69) is 5.10 Å². The summed E-state index contributed by atoms with van der Waals surface area (Å²) in [5, 5.41) is 4.63. The van der Waals surface area contributed by atoms with E-state index in [0.717, 1.165) is 30.3 Å². The van der Waals surface area contributed by atoms with Gasteiger partial charge in [0.2, 0.25) is 5.91 Å². The highest BCUT2D eigenvalue weighted by Gasteiger charge is 2.46. The maximum Gasteiger partial charge on any atom is 0.226 e. The number of rotatable bonds is 4. The zero-order chi connectivity index (χ0) is 26.5. The quantitative estimate of drug-likeness (QED) is 0.459. The van der Waals surface area contributed by atoms with Gasteiger partial charge in [0, 0.05) is 48.1 Å². The fourth-order valence-corrected chi connectivity index (χ4v) is 6.20. The maximum atomic E-state index is 14.7. The van der Waals surface area contributed by atoms with Crippen molar-refractivity contribution in [1.82, 2.24) is 14.7 Å². The Labute approximate surface area is 219 Å². The summed E-state index contributed by atoms with van der Waals surface area (Å²) < 4.78 is 43.7. The minimum Gasteiger partial charge on any atom is -0.342 e. The average Bonchev–Trinajstić information content (AvgIpc) is 3.39. The zero-order valence-electron chi connectivity index (χ0n) is 20.9. The minimum absolute atomic E-state index is 0.0312. The number of aryl methyl sites for hydroxylation is 1. The number of hydrogen-bond donors (Lipinski definition) is 1. The van der Waals surface area contributed by atoms with Crippen molar-refractivity contribution in [2.75, 3.05) is 13.1 Å². The normalized spacial score (nSPS) is 24.6. The Hall–Kier alpha value is -2.84. The number of benzene rings is 2. The lowest BCUT2D eigenvalue weighted by Gasteiger charge is -2.35. The zero-order valence-corrected chi connectivity index (χ0v) is 21.6. The minimum atomic E-state index is -0.642. The molecular weight excluding hydrogens is 501 g/mol. The molecule has 0 radical (unpaired) electrons. The standard InChI is InChI=1S/C28H30ClF3N4O/c1-16-11-26(36(34-16)19-4-6-24(31)23(29)13-19)17-7-9-35(10-8-17)27(37)22-15-28(2,33)14-21(22)20-5-3-18(30)12-25(20)32/h3-6,11-13,17,21-22H,7-10,14-15,33H2,1-2H3/t21-,22+,28-/m1/s1. The third-order valence-corrected chi connectivity index (χ3v) is 8.06. The Kier molecular flexibility index (Phi) is 6.83. The van der Waals surface area contributed by atoms with Gasteiger partial charge < -0.3 is 10.6 Å². The Balaban J connectivity index is 1.33. The molecule has 2 aromatic carbocycles. The van der Waals surface area contributed by atoms with Gasteiger partial charge in [0.05, 0.1) is 16.4 Å². The van der Waals surface area contributed by atoms with E-state index in [-0.39, 0.29) is 16.8 Å². The smallest absolute Gasteiger partial charge is 0.226 e. The van der Waals surface area contributed by atoms with Crippen molar-refractivity contribution in [2.24, 2.45) is 11.7 Å². The SMILES string of the molecule is Cc1cc(C2CCN(C(=O)[C@H]3C[C@](C)(N)C[C@@H]3c3ccc(F)cc3F)CC2)n(-c2ccc(F)c(Cl)c2)n1. The molecule has 2 N–H and O–H groups in total. The second kappa shape index (κ2) is 9.80. The summed E-state index contributed by atoms with van der Waals surface area (Å²) in [5.41, 5.74) is 8.69. The molecule has 3 aromatic rings. The Morgan fingerprint density at radius 1 is 1.05 bits per heavy atom. The topological polar surface area (TPSA) is 64.2 Å². The Morgan fingerprint density at radius 3 is 2.46 bits per heavy atom. The van der Waals surface area contributed by atoms with E-state index in [4.69, 9.17) is 17.3 Å². The summed E-state index contributed by atoms with van der Waals surface area (Å²) in [6, 6.07) is 10.1. The van der Waals surface area contributed by atoms with Gasteiger partial charge >= 0.3 is 0 Å². The second-order valence-corrected chi connectivity index (χ2v) is 11.2. The first-order valence-corrected chi connectivity index (χ1v) is 12.9. The monoisotopic (exact) mass is 530 g/mol. The van der Waals surface area contributed by atoms with Crippen LogP contribution in [0.15, 0.2) is 42.5 Å². The fourth-order valence-electron chi connectivity index (χ4n) is 6.02. The molecule has 2 heterocycles. The number of amides is 1. The first-order chi connectivity index (χ1) is 17.5. The molecule has 1 saturated heterocycles. The Bertz CT molecular complexity index is 1330. The molecule has 0 spiro atoms. The molecule has 2 aliphatic rings. The van der Waals surface area contributed by atoms with E-state index < -0.39 is 34.8 Å². The summed E-state index contributed by atoms with van der Waals surface area (Å²) in [7, 11) is 0. The number of nitrogens with zero attached hydrogens (tertiary/aromatic N) is 3. The van der Waals surface area contributed by atoms with Crippen LogP contribution in [0.25, 0.3) is 5.69 Å². The summed E-state index contributed by atoms with van der Waals surface area (Å²) in [5.74, 6) is -2.49. The van der Waals surface area contributed by atoms with Crippen molar-refractivity contribution in [3.8, 4) is 5.69 Å². The third-order valence-electron chi connectivity index (χ3n) is 7.77. The largest absolute Gasteiger partial charge is 0.342 e. The molecule has 1 aliphatic heterocycles. The van der Waals surface area contributed by atoms with E-state index in [0.29, 0.717) is 37.2 Å². The lowest BCUT2D eigenvalue weighted by molar-refractivity contribution is -0.137. The van der Waals surface area contributed by atoms with Crippen molar-refractivity contribution in [3.05, 3.63) is 81.9 Å². The summed E-state index contributed by atoms with van der Waals surface area (Å²) in [4.78, 5) is 15.5. The van der Waals surface area contributed by atoms with Crippen LogP contribution in [0.1, 0.15) is 61.4 Å². The molecule has 0 unspecified atom stereocenters. The van der Waals surface area contributed by atoms with Crippen molar-refractivity contribution in [3.63, 3.8) is 0 Å². The molecule has 2 fully saturated rings. The van der Waals surface area contributed by atoms with Gasteiger partial charge in [-0.05, 0) is 75.4 Å². The van der Waals surface area contributed by atoms with E-state index in [1.54, 1.807) is 16.8 Å². The molecule has 1 saturated carbocycles. The van der Waals surface area contributed by atoms with Gasteiger partial charge in [0.25, 0.3) is 0 Å². The number of halogens is 4. The molecule has 5 rings (SSSR count). The van der Waals surface area contributed by atoms with Gasteiger partial charge in [-0.25, -0.2) is 17.9 Å². The van der Waals surface area contributed by atoms with Crippen LogP contribution >= 0.6 is 11.6 Å². The maximum absolute atomic E-state index is 14.7. The van der Waals surface area contributed by atoms with Gasteiger partial charge in [-0.3, -0.25) is 4.79 Å². The van der Waals surface area contributed by atoms with Gasteiger partial charge in [0.15, 0.2) is 0 Å². The molecule has 5 nitrogen and oxygen atoms in total. The van der Waals surface area contributed by atoms with Crippen molar-refractivity contribution in [1.29, 1.82) is 0 Å². The fraction of sp³-hybridized carbons (Fsp3) is 0.429. The van der Waals surface area contributed by atoms with Crippen LogP contribution in [0.4, 0.5) is 13.2 Å². The molecule has 0 bridgehead atoms. The molecule has 3 atom stereocenters. The molecule has 1 aromatic heterocycles. The highest BCUT2D eigenvalue weighted by atomic mass is 35.5. The molecule has 196 valence electrons. The number of hydrogen-bond acceptors (Lipinski definition) is 3. The van der Waals surface area contributed by atoms with Crippen LogP contribution in [0.3, 0.4) is 0 Å². The molecule has 37 heavy (non-hydrogen) atoms. The number of piperidine rings is 1. The Morgan fingerprint density at radius 2 is 1.78 bits per heavy atom. The predicted octanol–water partition coefficient (Wildman–Crippen LogP) is 5.87. The van der Waals surface area contributed by atoms with Crippen LogP contribution < -0.4 is 5.73 Å². The highest BCUT2D eigenvalue weighted by molar-refractivity contribution is 6.30. The van der Waals surface area contributed by atoms with Gasteiger partial charge in [-0.1, -0.05) is 17.7 Å². The van der Waals surface area contributed by atoms with Crippen molar-refractivity contribution >= 4 is 17.5 Å². The molecule has 1 amide bonds. The molecular formula is C28H30ClF3N4O. The van der Waals surface area contributed by atoms with Crippen molar-refractivity contribution < 1.29 is 18.0 Å². The van der Waals surface area contributed by atoms with Crippen LogP contribution in [-0.4, -0.2) is 39.2 Å². The van der Waals surface area contributed by atoms with Crippen LogP contribution in [0.5, 0.6) is 0 Å². The van der Waals surface area contributed by atoms with Crippen LogP contribution in [-0.2, 0) is 4.79 Å². The third kappa shape index (κ3) is 5.14. The summed E-state index contributed by atoms with van der Waals surface area (Å²) in [6.45, 7) is 4.89. The van der Waals surface area contributed by atoms with E-state index in [1.807, 2.05) is 24.8 Å². The average molecular weight is 531 g/mol. The van der Waals surface area contributed by atoms with Gasteiger partial charge in [0.1, 0.15) is 17.5 Å². The summed E-state index contributed by atoms with van der Waals surface area (Å²) in [6.07, 6.45) is 2.37. The number of carbonyl (C=O) groups excluding carboxylic acids is 1. The lowest BCUT2D eigenvalue weighted by Crippen LogP contribution is -2.43. The van der Waals surface area contributed by atoms with E-state index in [1.165, 1.54) is 18.2 Å². The van der Waals surface area contributed by atoms with Gasteiger partial charge in [-0.15, -0.1) is 0 Å². The second-order valence-electron chi connectivity index (χ2n) is 10.8. The highest BCUT2D eigenvalue weighted by Crippen LogP contribution is 2.46. The number of carbonyl (C=O) groups is 1. The number of likely N-dealkylation sites (tertiary alicyclic amines) is 1. The lowest BCUT2D eigenvalue weighted by atomic mass is 9.86.